The van der Waals surface area contributed by atoms with Crippen molar-refractivity contribution in [1.29, 1.82) is 0 Å². The van der Waals surface area contributed by atoms with Crippen LogP contribution in [0.5, 0.6) is 0 Å². The van der Waals surface area contributed by atoms with E-state index in [2.05, 4.69) is 41.0 Å². The quantitative estimate of drug-likeness (QED) is 0.829. The van der Waals surface area contributed by atoms with E-state index in [0.29, 0.717) is 0 Å². The lowest BCUT2D eigenvalue weighted by atomic mass is 9.81. The molecule has 0 radical (unpaired) electrons. The van der Waals surface area contributed by atoms with Crippen LogP contribution in [0.25, 0.3) is 0 Å². The van der Waals surface area contributed by atoms with Crippen molar-refractivity contribution < 1.29 is 0 Å². The minimum atomic E-state index is 0.231. The van der Waals surface area contributed by atoms with Crippen LogP contribution in [0, 0.1) is 5.92 Å². The Hall–Kier alpha value is -0.860. The molecule has 0 aromatic heterocycles. The minimum Gasteiger partial charge on any atom is -0.317 e. The second kappa shape index (κ2) is 4.79. The molecule has 2 fully saturated rings. The fraction of sp³-hybridized carbons (Fsp3) is 0.600. The zero-order chi connectivity index (χ0) is 11.6. The van der Waals surface area contributed by atoms with Gasteiger partial charge in [-0.15, -0.1) is 0 Å². The predicted molar refractivity (Wildman–Crippen MR) is 71.0 cm³/mol. The summed E-state index contributed by atoms with van der Waals surface area (Å²) < 4.78 is 0. The highest BCUT2D eigenvalue weighted by Gasteiger charge is 2.35. The SMILES string of the molecule is c1ccc(C2(NCC3CC3)CCNCC2)cc1. The molecular weight excluding hydrogens is 208 g/mol. The van der Waals surface area contributed by atoms with E-state index < -0.39 is 0 Å². The van der Waals surface area contributed by atoms with Crippen LogP contribution in [-0.2, 0) is 5.54 Å². The summed E-state index contributed by atoms with van der Waals surface area (Å²) in [5.41, 5.74) is 1.71. The van der Waals surface area contributed by atoms with Gasteiger partial charge in [0, 0.05) is 5.54 Å². The molecule has 0 unspecified atom stereocenters. The molecule has 2 nitrogen and oxygen atoms in total. The van der Waals surface area contributed by atoms with Gasteiger partial charge < -0.3 is 10.6 Å². The van der Waals surface area contributed by atoms with Crippen LogP contribution < -0.4 is 10.6 Å². The van der Waals surface area contributed by atoms with Gasteiger partial charge in [-0.3, -0.25) is 0 Å². The van der Waals surface area contributed by atoms with Gasteiger partial charge in [-0.25, -0.2) is 0 Å². The van der Waals surface area contributed by atoms with E-state index in [1.165, 1.54) is 37.8 Å². The maximum Gasteiger partial charge on any atom is 0.0459 e. The Balaban J connectivity index is 1.78. The van der Waals surface area contributed by atoms with Crippen LogP contribution in [0.3, 0.4) is 0 Å². The lowest BCUT2D eigenvalue weighted by molar-refractivity contribution is 0.243. The second-order valence-corrected chi connectivity index (χ2v) is 5.52. The van der Waals surface area contributed by atoms with Gasteiger partial charge >= 0.3 is 0 Å². The first-order valence-corrected chi connectivity index (χ1v) is 6.90. The standard InChI is InChI=1S/C15H22N2/c1-2-4-14(5-3-1)15(8-10-16-11-9-15)17-12-13-6-7-13/h1-5,13,16-17H,6-12H2. The number of hydrogen-bond donors (Lipinski definition) is 2. The highest BCUT2D eigenvalue weighted by Crippen LogP contribution is 2.34. The minimum absolute atomic E-state index is 0.231. The molecule has 2 aliphatic rings. The molecule has 1 heterocycles. The van der Waals surface area contributed by atoms with Crippen molar-refractivity contribution in [1.82, 2.24) is 10.6 Å². The number of piperidine rings is 1. The van der Waals surface area contributed by atoms with Gasteiger partial charge in [-0.05, 0) is 56.8 Å². The number of nitrogens with one attached hydrogen (secondary N) is 2. The van der Waals surface area contributed by atoms with E-state index in [1.807, 2.05) is 0 Å². The van der Waals surface area contributed by atoms with E-state index in [-0.39, 0.29) is 5.54 Å². The van der Waals surface area contributed by atoms with Crippen LogP contribution in [0.4, 0.5) is 0 Å². The fourth-order valence-electron chi connectivity index (χ4n) is 2.84. The Morgan fingerprint density at radius 3 is 2.47 bits per heavy atom. The summed E-state index contributed by atoms with van der Waals surface area (Å²) in [5, 5.41) is 7.35. The van der Waals surface area contributed by atoms with Gasteiger partial charge in [-0.2, -0.15) is 0 Å². The molecule has 0 spiro atoms. The van der Waals surface area contributed by atoms with Crippen LogP contribution in [0.1, 0.15) is 31.2 Å². The molecular formula is C15H22N2. The first-order chi connectivity index (χ1) is 8.39. The van der Waals surface area contributed by atoms with E-state index in [4.69, 9.17) is 0 Å². The third-order valence-corrected chi connectivity index (χ3v) is 4.21. The van der Waals surface area contributed by atoms with Crippen LogP contribution >= 0.6 is 0 Å². The summed E-state index contributed by atoms with van der Waals surface area (Å²) in [6.45, 7) is 3.47. The van der Waals surface area contributed by atoms with Gasteiger partial charge in [0.25, 0.3) is 0 Å². The highest BCUT2D eigenvalue weighted by atomic mass is 15.0. The first kappa shape index (κ1) is 11.2. The summed E-state index contributed by atoms with van der Waals surface area (Å²) in [4.78, 5) is 0. The molecule has 0 amide bonds. The van der Waals surface area contributed by atoms with Gasteiger partial charge in [0.15, 0.2) is 0 Å². The number of benzene rings is 1. The van der Waals surface area contributed by atoms with Gasteiger partial charge in [0.1, 0.15) is 0 Å². The van der Waals surface area contributed by atoms with E-state index in [0.717, 1.165) is 19.0 Å². The molecule has 92 valence electrons. The summed E-state index contributed by atoms with van der Waals surface area (Å²) in [6.07, 6.45) is 5.28. The van der Waals surface area contributed by atoms with Crippen molar-refractivity contribution in [2.75, 3.05) is 19.6 Å². The third-order valence-electron chi connectivity index (χ3n) is 4.21. The largest absolute Gasteiger partial charge is 0.317 e. The smallest absolute Gasteiger partial charge is 0.0459 e. The molecule has 1 saturated carbocycles. The lowest BCUT2D eigenvalue weighted by Gasteiger charge is -2.39. The average molecular weight is 230 g/mol. The molecule has 1 aromatic rings. The lowest BCUT2D eigenvalue weighted by Crippen LogP contribution is -2.50. The maximum atomic E-state index is 3.87. The molecule has 1 aromatic carbocycles. The van der Waals surface area contributed by atoms with E-state index in [1.54, 1.807) is 0 Å². The maximum absolute atomic E-state index is 3.87. The van der Waals surface area contributed by atoms with Crippen molar-refractivity contribution in [3.8, 4) is 0 Å². The van der Waals surface area contributed by atoms with Crippen molar-refractivity contribution in [3.05, 3.63) is 35.9 Å². The second-order valence-electron chi connectivity index (χ2n) is 5.52. The summed E-state index contributed by atoms with van der Waals surface area (Å²) in [5.74, 6) is 0.950. The summed E-state index contributed by atoms with van der Waals surface area (Å²) in [7, 11) is 0. The topological polar surface area (TPSA) is 24.1 Å². The highest BCUT2D eigenvalue weighted by molar-refractivity contribution is 5.25. The Labute approximate surface area is 104 Å². The van der Waals surface area contributed by atoms with Crippen LogP contribution in [0.15, 0.2) is 30.3 Å². The van der Waals surface area contributed by atoms with Crippen molar-refractivity contribution >= 4 is 0 Å². The number of hydrogen-bond acceptors (Lipinski definition) is 2. The van der Waals surface area contributed by atoms with Gasteiger partial charge in [0.05, 0.1) is 0 Å². The van der Waals surface area contributed by atoms with E-state index in [9.17, 15) is 0 Å². The molecule has 1 aliphatic carbocycles. The van der Waals surface area contributed by atoms with Gasteiger partial charge in [0.2, 0.25) is 0 Å². The molecule has 3 rings (SSSR count). The normalized spacial score (nSPS) is 23.5. The van der Waals surface area contributed by atoms with Gasteiger partial charge in [-0.1, -0.05) is 30.3 Å². The molecule has 2 heteroatoms. The predicted octanol–water partition coefficient (Wildman–Crippen LogP) is 2.26. The zero-order valence-corrected chi connectivity index (χ0v) is 10.4. The van der Waals surface area contributed by atoms with Crippen molar-refractivity contribution in [2.24, 2.45) is 5.92 Å². The average Bonchev–Trinajstić information content (AvgIpc) is 3.23. The monoisotopic (exact) mass is 230 g/mol. The molecule has 1 aliphatic heterocycles. The third kappa shape index (κ3) is 2.53. The number of rotatable bonds is 4. The fourth-order valence-corrected chi connectivity index (χ4v) is 2.84. The summed E-state index contributed by atoms with van der Waals surface area (Å²) in [6, 6.07) is 11.0. The van der Waals surface area contributed by atoms with Crippen molar-refractivity contribution in [2.45, 2.75) is 31.2 Å². The van der Waals surface area contributed by atoms with Crippen LogP contribution in [0.2, 0.25) is 0 Å². The molecule has 0 bridgehead atoms. The first-order valence-electron chi connectivity index (χ1n) is 6.90. The summed E-state index contributed by atoms with van der Waals surface area (Å²) >= 11 is 0. The molecule has 17 heavy (non-hydrogen) atoms. The molecule has 2 N–H and O–H groups in total. The van der Waals surface area contributed by atoms with Crippen molar-refractivity contribution in [3.63, 3.8) is 0 Å². The Kier molecular flexibility index (Phi) is 3.17. The molecule has 0 atom stereocenters. The van der Waals surface area contributed by atoms with Crippen LogP contribution in [-0.4, -0.2) is 19.6 Å². The Morgan fingerprint density at radius 1 is 1.12 bits per heavy atom. The van der Waals surface area contributed by atoms with E-state index >= 15 is 0 Å². The Morgan fingerprint density at radius 2 is 1.82 bits per heavy atom. The Bertz CT molecular complexity index is 350. The molecule has 1 saturated heterocycles. The zero-order valence-electron chi connectivity index (χ0n) is 10.4.